The maximum atomic E-state index is 9.56. The first-order valence-electron chi connectivity index (χ1n) is 6.16. The zero-order chi connectivity index (χ0) is 14.1. The number of hydrogen-bond donors (Lipinski definition) is 1. The number of aromatic hydroxyl groups is 1. The summed E-state index contributed by atoms with van der Waals surface area (Å²) in [7, 11) is 0. The Hall–Kier alpha value is -1.84. The van der Waals surface area contributed by atoms with Crippen molar-refractivity contribution in [3.8, 4) is 27.6 Å². The van der Waals surface area contributed by atoms with E-state index in [-0.39, 0.29) is 5.75 Å². The van der Waals surface area contributed by atoms with Gasteiger partial charge in [-0.25, -0.2) is 4.98 Å². The van der Waals surface area contributed by atoms with E-state index in [0.29, 0.717) is 0 Å². The van der Waals surface area contributed by atoms with Crippen LogP contribution in [0.25, 0.3) is 21.8 Å². The van der Waals surface area contributed by atoms with Gasteiger partial charge in [0.1, 0.15) is 10.8 Å². The molecule has 0 spiro atoms. The van der Waals surface area contributed by atoms with Gasteiger partial charge < -0.3 is 5.11 Å². The molecule has 1 N–H and O–H groups in total. The molecule has 3 rings (SSSR count). The largest absolute Gasteiger partial charge is 0.508 e. The summed E-state index contributed by atoms with van der Waals surface area (Å²) in [6.07, 6.45) is 0. The predicted molar refractivity (Wildman–Crippen MR) is 84.4 cm³/mol. The van der Waals surface area contributed by atoms with Gasteiger partial charge in [-0.05, 0) is 31.2 Å². The zero-order valence-electron chi connectivity index (χ0n) is 10.8. The van der Waals surface area contributed by atoms with Gasteiger partial charge in [0, 0.05) is 21.0 Å². The molecular formula is C16H12ClNOS. The molecule has 0 saturated carbocycles. The van der Waals surface area contributed by atoms with Crippen molar-refractivity contribution in [1.82, 2.24) is 4.98 Å². The number of hydrogen-bond acceptors (Lipinski definition) is 3. The number of aryl methyl sites for hydroxylation is 1. The topological polar surface area (TPSA) is 33.1 Å². The number of phenols is 1. The second-order valence-electron chi connectivity index (χ2n) is 4.48. The third kappa shape index (κ3) is 2.55. The fourth-order valence-electron chi connectivity index (χ4n) is 2.03. The van der Waals surface area contributed by atoms with Crippen molar-refractivity contribution in [2.45, 2.75) is 6.92 Å². The fourth-order valence-corrected chi connectivity index (χ4v) is 3.09. The summed E-state index contributed by atoms with van der Waals surface area (Å²) in [5, 5.41) is 11.2. The first-order valence-corrected chi connectivity index (χ1v) is 7.36. The van der Waals surface area contributed by atoms with E-state index in [1.165, 1.54) is 0 Å². The lowest BCUT2D eigenvalue weighted by Gasteiger charge is -1.99. The van der Waals surface area contributed by atoms with Gasteiger partial charge in [-0.1, -0.05) is 35.9 Å². The molecule has 0 fully saturated rings. The predicted octanol–water partition coefficient (Wildman–Crippen LogP) is 5.14. The van der Waals surface area contributed by atoms with Crippen LogP contribution in [0.1, 0.15) is 4.88 Å². The second-order valence-corrected chi connectivity index (χ2v) is 6.12. The Balaban J connectivity index is 2.05. The third-order valence-electron chi connectivity index (χ3n) is 3.01. The van der Waals surface area contributed by atoms with Crippen LogP contribution in [-0.2, 0) is 0 Å². The number of nitrogens with zero attached hydrogens (tertiary/aromatic N) is 1. The number of rotatable bonds is 2. The summed E-state index contributed by atoms with van der Waals surface area (Å²) in [6.45, 7) is 2.05. The van der Waals surface area contributed by atoms with Crippen LogP contribution in [0.5, 0.6) is 5.75 Å². The minimum atomic E-state index is 0.253. The summed E-state index contributed by atoms with van der Waals surface area (Å²) in [5.74, 6) is 0.253. The SMILES string of the molecule is Cc1sc(-c2cccc(O)c2)nc1-c1ccc(Cl)cc1. The standard InChI is InChI=1S/C16H12ClNOS/c1-10-15(11-5-7-13(17)8-6-11)18-16(20-10)12-3-2-4-14(19)9-12/h2-9,19H,1H3. The second kappa shape index (κ2) is 5.27. The molecular weight excluding hydrogens is 290 g/mol. The highest BCUT2D eigenvalue weighted by molar-refractivity contribution is 7.15. The third-order valence-corrected chi connectivity index (χ3v) is 4.28. The molecule has 0 aliphatic heterocycles. The van der Waals surface area contributed by atoms with Crippen LogP contribution < -0.4 is 0 Å². The van der Waals surface area contributed by atoms with Crippen molar-refractivity contribution < 1.29 is 5.11 Å². The van der Waals surface area contributed by atoms with Crippen LogP contribution in [0.4, 0.5) is 0 Å². The molecule has 0 amide bonds. The van der Waals surface area contributed by atoms with Crippen LogP contribution in [0.15, 0.2) is 48.5 Å². The van der Waals surface area contributed by atoms with Crippen molar-refractivity contribution in [3.63, 3.8) is 0 Å². The van der Waals surface area contributed by atoms with E-state index in [1.54, 1.807) is 23.5 Å². The van der Waals surface area contributed by atoms with Gasteiger partial charge in [0.15, 0.2) is 0 Å². The maximum Gasteiger partial charge on any atom is 0.124 e. The first-order chi connectivity index (χ1) is 9.63. The molecule has 0 atom stereocenters. The van der Waals surface area contributed by atoms with Gasteiger partial charge in [0.05, 0.1) is 5.69 Å². The number of thiazole rings is 1. The quantitative estimate of drug-likeness (QED) is 0.710. The monoisotopic (exact) mass is 301 g/mol. The molecule has 0 unspecified atom stereocenters. The lowest BCUT2D eigenvalue weighted by Crippen LogP contribution is -1.81. The van der Waals surface area contributed by atoms with Gasteiger partial charge in [-0.2, -0.15) is 0 Å². The minimum Gasteiger partial charge on any atom is -0.508 e. The van der Waals surface area contributed by atoms with E-state index < -0.39 is 0 Å². The van der Waals surface area contributed by atoms with Gasteiger partial charge in [0.25, 0.3) is 0 Å². The molecule has 0 radical (unpaired) electrons. The van der Waals surface area contributed by atoms with E-state index in [9.17, 15) is 5.11 Å². The molecule has 3 aromatic rings. The molecule has 1 heterocycles. The van der Waals surface area contributed by atoms with Gasteiger partial charge in [0.2, 0.25) is 0 Å². The Morgan fingerprint density at radius 1 is 1.05 bits per heavy atom. The highest BCUT2D eigenvalue weighted by Crippen LogP contribution is 2.34. The molecule has 0 saturated heterocycles. The Morgan fingerprint density at radius 2 is 1.80 bits per heavy atom. The first kappa shape index (κ1) is 13.2. The van der Waals surface area contributed by atoms with Crippen LogP contribution in [0.3, 0.4) is 0 Å². The average molecular weight is 302 g/mol. The molecule has 100 valence electrons. The summed E-state index contributed by atoms with van der Waals surface area (Å²) in [6, 6.07) is 14.8. The fraction of sp³-hybridized carbons (Fsp3) is 0.0625. The van der Waals surface area contributed by atoms with E-state index in [2.05, 4.69) is 4.98 Å². The number of benzene rings is 2. The van der Waals surface area contributed by atoms with E-state index in [4.69, 9.17) is 11.6 Å². The van der Waals surface area contributed by atoms with Crippen molar-refractivity contribution in [3.05, 3.63) is 58.4 Å². The molecule has 0 aliphatic rings. The van der Waals surface area contributed by atoms with Crippen LogP contribution in [-0.4, -0.2) is 10.1 Å². The van der Waals surface area contributed by atoms with Crippen LogP contribution >= 0.6 is 22.9 Å². The number of halogens is 1. The van der Waals surface area contributed by atoms with E-state index in [1.807, 2.05) is 43.3 Å². The summed E-state index contributed by atoms with van der Waals surface area (Å²) in [4.78, 5) is 5.83. The molecule has 1 aromatic heterocycles. The number of phenolic OH excluding ortho intramolecular Hbond substituents is 1. The smallest absolute Gasteiger partial charge is 0.124 e. The van der Waals surface area contributed by atoms with Crippen molar-refractivity contribution in [2.24, 2.45) is 0 Å². The lowest BCUT2D eigenvalue weighted by atomic mass is 10.1. The highest BCUT2D eigenvalue weighted by atomic mass is 35.5. The summed E-state index contributed by atoms with van der Waals surface area (Å²) < 4.78 is 0. The Kier molecular flexibility index (Phi) is 3.47. The minimum absolute atomic E-state index is 0.253. The molecule has 20 heavy (non-hydrogen) atoms. The summed E-state index contributed by atoms with van der Waals surface area (Å²) in [5.41, 5.74) is 2.94. The normalized spacial score (nSPS) is 10.7. The van der Waals surface area contributed by atoms with Gasteiger partial charge >= 0.3 is 0 Å². The van der Waals surface area contributed by atoms with Gasteiger partial charge in [-0.15, -0.1) is 11.3 Å². The van der Waals surface area contributed by atoms with Crippen molar-refractivity contribution in [1.29, 1.82) is 0 Å². The number of aromatic nitrogens is 1. The van der Waals surface area contributed by atoms with Gasteiger partial charge in [-0.3, -0.25) is 0 Å². The van der Waals surface area contributed by atoms with Crippen LogP contribution in [0, 0.1) is 6.92 Å². The maximum absolute atomic E-state index is 9.56. The molecule has 0 aliphatic carbocycles. The van der Waals surface area contributed by atoms with Crippen LogP contribution in [0.2, 0.25) is 5.02 Å². The zero-order valence-corrected chi connectivity index (χ0v) is 12.4. The van der Waals surface area contributed by atoms with E-state index in [0.717, 1.165) is 31.7 Å². The Bertz CT molecular complexity index is 749. The Labute approximate surface area is 126 Å². The van der Waals surface area contributed by atoms with E-state index >= 15 is 0 Å². The molecule has 2 aromatic carbocycles. The summed E-state index contributed by atoms with van der Waals surface area (Å²) >= 11 is 7.53. The molecule has 4 heteroatoms. The van der Waals surface area contributed by atoms with Crippen molar-refractivity contribution >= 4 is 22.9 Å². The highest BCUT2D eigenvalue weighted by Gasteiger charge is 2.11. The Morgan fingerprint density at radius 3 is 2.50 bits per heavy atom. The average Bonchev–Trinajstić information content (AvgIpc) is 2.82. The lowest BCUT2D eigenvalue weighted by molar-refractivity contribution is 0.475. The molecule has 2 nitrogen and oxygen atoms in total. The molecule has 0 bridgehead atoms. The van der Waals surface area contributed by atoms with Crippen molar-refractivity contribution in [2.75, 3.05) is 0 Å².